The van der Waals surface area contributed by atoms with Crippen LogP contribution in [0.1, 0.15) is 42.9 Å². The number of nitrogens with zero attached hydrogens (tertiary/aromatic N) is 3. The lowest BCUT2D eigenvalue weighted by atomic mass is 9.96. The van der Waals surface area contributed by atoms with Crippen LogP contribution in [0.5, 0.6) is 0 Å². The number of carbonyl (C=O) groups is 1. The summed E-state index contributed by atoms with van der Waals surface area (Å²) in [7, 11) is 0. The summed E-state index contributed by atoms with van der Waals surface area (Å²) in [5.41, 5.74) is 2.72. The summed E-state index contributed by atoms with van der Waals surface area (Å²) >= 11 is 0. The van der Waals surface area contributed by atoms with E-state index >= 15 is 0 Å². The molecule has 1 aliphatic heterocycles. The van der Waals surface area contributed by atoms with Crippen LogP contribution >= 0.6 is 0 Å². The van der Waals surface area contributed by atoms with E-state index in [9.17, 15) is 10.1 Å². The Morgan fingerprint density at radius 2 is 1.48 bits per heavy atom. The second-order valence-electron chi connectivity index (χ2n) is 8.37. The van der Waals surface area contributed by atoms with Crippen LogP contribution in [-0.2, 0) is 4.79 Å². The minimum atomic E-state index is -0.163. The summed E-state index contributed by atoms with van der Waals surface area (Å²) in [4.78, 5) is 17.2. The Balaban J connectivity index is 1.43. The van der Waals surface area contributed by atoms with Crippen LogP contribution in [0.15, 0.2) is 72.4 Å². The molecular weight excluding hydrogens is 384 g/mol. The van der Waals surface area contributed by atoms with E-state index in [-0.39, 0.29) is 17.5 Å². The van der Waals surface area contributed by atoms with Gasteiger partial charge in [-0.05, 0) is 24.0 Å². The maximum atomic E-state index is 12.9. The molecule has 1 saturated carbocycles. The number of carbonyl (C=O) groups excluding carboxylic acids is 1. The topological polar surface area (TPSA) is 59.4 Å². The summed E-state index contributed by atoms with van der Waals surface area (Å²) in [6.45, 7) is 2.79. The van der Waals surface area contributed by atoms with E-state index in [1.807, 2.05) is 17.0 Å². The highest BCUT2D eigenvalue weighted by molar-refractivity contribution is 5.97. The molecule has 0 aromatic heterocycles. The van der Waals surface area contributed by atoms with Gasteiger partial charge in [0.2, 0.25) is 0 Å². The van der Waals surface area contributed by atoms with E-state index in [1.165, 1.54) is 24.0 Å². The summed E-state index contributed by atoms with van der Waals surface area (Å²) < 4.78 is 0. The number of benzene rings is 2. The predicted molar refractivity (Wildman–Crippen MR) is 122 cm³/mol. The quantitative estimate of drug-likeness (QED) is 0.576. The zero-order valence-electron chi connectivity index (χ0n) is 17.9. The van der Waals surface area contributed by atoms with E-state index in [0.717, 1.165) is 25.9 Å². The van der Waals surface area contributed by atoms with Crippen LogP contribution in [0.3, 0.4) is 0 Å². The third kappa shape index (κ3) is 5.15. The molecule has 2 aromatic rings. The molecule has 1 saturated heterocycles. The van der Waals surface area contributed by atoms with Gasteiger partial charge in [-0.2, -0.15) is 5.26 Å². The fraction of sp³-hybridized carbons (Fsp3) is 0.385. The third-order valence-electron chi connectivity index (χ3n) is 6.37. The van der Waals surface area contributed by atoms with Crippen molar-refractivity contribution in [2.75, 3.05) is 26.2 Å². The molecule has 5 heteroatoms. The minimum absolute atomic E-state index is 0.162. The van der Waals surface area contributed by atoms with Gasteiger partial charge in [0.05, 0.1) is 6.04 Å². The van der Waals surface area contributed by atoms with E-state index in [1.54, 1.807) is 6.20 Å². The molecule has 2 aromatic carbocycles. The van der Waals surface area contributed by atoms with Crippen molar-refractivity contribution in [3.63, 3.8) is 0 Å². The molecule has 0 spiro atoms. The van der Waals surface area contributed by atoms with E-state index in [4.69, 9.17) is 0 Å². The van der Waals surface area contributed by atoms with Crippen LogP contribution in [0.2, 0.25) is 0 Å². The molecule has 1 heterocycles. The maximum absolute atomic E-state index is 12.9. The van der Waals surface area contributed by atoms with Crippen LogP contribution < -0.4 is 5.32 Å². The van der Waals surface area contributed by atoms with Crippen molar-refractivity contribution in [2.24, 2.45) is 0 Å². The van der Waals surface area contributed by atoms with Crippen molar-refractivity contribution < 1.29 is 4.79 Å². The van der Waals surface area contributed by atoms with Crippen LogP contribution in [-0.4, -0.2) is 47.9 Å². The fourth-order valence-electron chi connectivity index (χ4n) is 4.67. The second kappa shape index (κ2) is 10.3. The Kier molecular flexibility index (Phi) is 7.01. The lowest BCUT2D eigenvalue weighted by Crippen LogP contribution is -2.50. The van der Waals surface area contributed by atoms with Crippen LogP contribution in [0, 0.1) is 11.3 Å². The van der Waals surface area contributed by atoms with Crippen LogP contribution in [0.25, 0.3) is 0 Å². The standard InChI is InChI=1S/C26H30N4O/c27-19-23(20-28-24-13-7-8-14-24)26(31)30-17-15-29(16-18-30)25(21-9-3-1-4-10-21)22-11-5-2-6-12-22/h1-6,9-12,20,24-25,28H,7-8,13-18H2/b23-20-. The van der Waals surface area contributed by atoms with Gasteiger partial charge in [0.15, 0.2) is 0 Å². The zero-order chi connectivity index (χ0) is 21.5. The van der Waals surface area contributed by atoms with Gasteiger partial charge in [-0.25, -0.2) is 0 Å². The second-order valence-corrected chi connectivity index (χ2v) is 8.37. The van der Waals surface area contributed by atoms with Gasteiger partial charge in [-0.1, -0.05) is 73.5 Å². The van der Waals surface area contributed by atoms with Crippen molar-refractivity contribution in [3.8, 4) is 6.07 Å². The highest BCUT2D eigenvalue weighted by atomic mass is 16.2. The highest BCUT2D eigenvalue weighted by Gasteiger charge is 2.29. The maximum Gasteiger partial charge on any atom is 0.266 e. The van der Waals surface area contributed by atoms with Crippen molar-refractivity contribution in [1.29, 1.82) is 5.26 Å². The average molecular weight is 415 g/mol. The molecule has 2 fully saturated rings. The van der Waals surface area contributed by atoms with Crippen molar-refractivity contribution in [1.82, 2.24) is 15.1 Å². The number of piperazine rings is 1. The van der Waals surface area contributed by atoms with Crippen molar-refractivity contribution in [2.45, 2.75) is 37.8 Å². The van der Waals surface area contributed by atoms with Gasteiger partial charge in [0, 0.05) is 38.4 Å². The lowest BCUT2D eigenvalue weighted by molar-refractivity contribution is -0.128. The van der Waals surface area contributed by atoms with Crippen molar-refractivity contribution in [3.05, 3.63) is 83.6 Å². The Hall–Kier alpha value is -3.10. The first-order valence-electron chi connectivity index (χ1n) is 11.3. The highest BCUT2D eigenvalue weighted by Crippen LogP contribution is 2.29. The molecule has 0 bridgehead atoms. The first kappa shape index (κ1) is 21.1. The first-order chi connectivity index (χ1) is 15.3. The van der Waals surface area contributed by atoms with E-state index in [0.29, 0.717) is 19.1 Å². The number of hydrogen-bond acceptors (Lipinski definition) is 4. The van der Waals surface area contributed by atoms with Gasteiger partial charge >= 0.3 is 0 Å². The predicted octanol–water partition coefficient (Wildman–Crippen LogP) is 3.86. The largest absolute Gasteiger partial charge is 0.387 e. The van der Waals surface area contributed by atoms with Gasteiger partial charge in [-0.3, -0.25) is 9.69 Å². The lowest BCUT2D eigenvalue weighted by Gasteiger charge is -2.39. The van der Waals surface area contributed by atoms with Gasteiger partial charge in [0.25, 0.3) is 5.91 Å². The Bertz CT molecular complexity index is 881. The monoisotopic (exact) mass is 414 g/mol. The van der Waals surface area contributed by atoms with E-state index in [2.05, 4.69) is 64.8 Å². The number of amides is 1. The summed E-state index contributed by atoms with van der Waals surface area (Å²) in [5, 5.41) is 12.8. The Morgan fingerprint density at radius 3 is 2.00 bits per heavy atom. The molecule has 1 amide bonds. The number of rotatable bonds is 6. The van der Waals surface area contributed by atoms with Gasteiger partial charge in [-0.15, -0.1) is 0 Å². The third-order valence-corrected chi connectivity index (χ3v) is 6.37. The average Bonchev–Trinajstić information content (AvgIpc) is 3.35. The van der Waals surface area contributed by atoms with Gasteiger partial charge < -0.3 is 10.2 Å². The molecule has 5 nitrogen and oxygen atoms in total. The van der Waals surface area contributed by atoms with E-state index < -0.39 is 0 Å². The minimum Gasteiger partial charge on any atom is -0.387 e. The zero-order valence-corrected chi connectivity index (χ0v) is 17.9. The molecule has 1 aliphatic carbocycles. The summed E-state index contributed by atoms with van der Waals surface area (Å²) in [5.74, 6) is -0.163. The number of nitriles is 1. The number of hydrogen-bond donors (Lipinski definition) is 1. The molecule has 0 unspecified atom stereocenters. The molecule has 31 heavy (non-hydrogen) atoms. The Labute approximate surface area is 185 Å². The molecule has 0 radical (unpaired) electrons. The Morgan fingerprint density at radius 1 is 0.935 bits per heavy atom. The molecule has 1 N–H and O–H groups in total. The first-order valence-corrected chi connectivity index (χ1v) is 11.3. The molecule has 4 rings (SSSR count). The normalized spacial score (nSPS) is 18.2. The molecular formula is C26H30N4O. The molecule has 2 aliphatic rings. The van der Waals surface area contributed by atoms with Crippen LogP contribution in [0.4, 0.5) is 0 Å². The number of nitrogens with one attached hydrogen (secondary N) is 1. The molecule has 160 valence electrons. The fourth-order valence-corrected chi connectivity index (χ4v) is 4.67. The SMILES string of the molecule is N#C/C(=C/NC1CCCC1)C(=O)N1CCN(C(c2ccccc2)c2ccccc2)CC1. The smallest absolute Gasteiger partial charge is 0.266 e. The van der Waals surface area contributed by atoms with Crippen molar-refractivity contribution >= 4 is 5.91 Å². The molecule has 0 atom stereocenters. The summed E-state index contributed by atoms with van der Waals surface area (Å²) in [6.07, 6.45) is 6.30. The van der Waals surface area contributed by atoms with Gasteiger partial charge in [0.1, 0.15) is 11.6 Å². The summed E-state index contributed by atoms with van der Waals surface area (Å²) in [6, 6.07) is 23.7.